The van der Waals surface area contributed by atoms with E-state index in [9.17, 15) is 14.9 Å². The van der Waals surface area contributed by atoms with Crippen LogP contribution in [0.15, 0.2) is 83.0 Å². The van der Waals surface area contributed by atoms with Gasteiger partial charge in [0.05, 0.1) is 16.3 Å². The van der Waals surface area contributed by atoms with E-state index in [-0.39, 0.29) is 17.2 Å². The summed E-state index contributed by atoms with van der Waals surface area (Å²) in [4.78, 5) is 27.3. The molecule has 0 fully saturated rings. The maximum absolute atomic E-state index is 13.3. The number of carbonyl (C=O) groups is 1. The SMILES string of the molecule is CC(NC(=O)/C(C#N)=c1/s/c(=C/c2cccs2)c(=O)n1-c1ccccc1)c1ccccc1. The number of nitrogens with one attached hydrogen (secondary N) is 1. The summed E-state index contributed by atoms with van der Waals surface area (Å²) in [6.07, 6.45) is 1.79. The number of rotatable bonds is 5. The molecule has 1 unspecified atom stereocenters. The van der Waals surface area contributed by atoms with Crippen LogP contribution in [0.1, 0.15) is 23.4 Å². The van der Waals surface area contributed by atoms with Crippen LogP contribution in [0.2, 0.25) is 0 Å². The lowest BCUT2D eigenvalue weighted by Crippen LogP contribution is -2.34. The highest BCUT2D eigenvalue weighted by molar-refractivity contribution is 7.11. The van der Waals surface area contributed by atoms with E-state index in [1.165, 1.54) is 15.9 Å². The zero-order chi connectivity index (χ0) is 22.5. The molecule has 0 saturated carbocycles. The highest BCUT2D eigenvalue weighted by Crippen LogP contribution is 2.12. The van der Waals surface area contributed by atoms with Crippen LogP contribution in [-0.2, 0) is 4.79 Å². The zero-order valence-corrected chi connectivity index (χ0v) is 18.8. The Bertz CT molecular complexity index is 1450. The number of benzene rings is 2. The van der Waals surface area contributed by atoms with Gasteiger partial charge in [-0.2, -0.15) is 5.26 Å². The van der Waals surface area contributed by atoms with E-state index in [0.717, 1.165) is 21.8 Å². The predicted molar refractivity (Wildman–Crippen MR) is 129 cm³/mol. The van der Waals surface area contributed by atoms with Crippen LogP contribution < -0.4 is 20.1 Å². The van der Waals surface area contributed by atoms with Crippen LogP contribution in [-0.4, -0.2) is 10.5 Å². The molecule has 32 heavy (non-hydrogen) atoms. The van der Waals surface area contributed by atoms with E-state index in [0.29, 0.717) is 14.9 Å². The largest absolute Gasteiger partial charge is 0.345 e. The number of carbonyl (C=O) groups excluding carboxylic acids is 1. The van der Waals surface area contributed by atoms with E-state index in [4.69, 9.17) is 0 Å². The second kappa shape index (κ2) is 9.60. The van der Waals surface area contributed by atoms with Crippen molar-refractivity contribution in [3.05, 3.63) is 108 Å². The molecule has 4 rings (SSSR count). The average Bonchev–Trinajstić information content (AvgIpc) is 3.44. The Morgan fingerprint density at radius 3 is 2.38 bits per heavy atom. The van der Waals surface area contributed by atoms with Crippen molar-refractivity contribution in [2.24, 2.45) is 0 Å². The van der Waals surface area contributed by atoms with Crippen molar-refractivity contribution in [1.29, 1.82) is 5.26 Å². The van der Waals surface area contributed by atoms with Gasteiger partial charge in [-0.25, -0.2) is 0 Å². The van der Waals surface area contributed by atoms with Gasteiger partial charge in [0.15, 0.2) is 5.57 Å². The normalized spacial score (nSPS) is 13.3. The van der Waals surface area contributed by atoms with Gasteiger partial charge in [-0.1, -0.05) is 54.6 Å². The van der Waals surface area contributed by atoms with Crippen molar-refractivity contribution in [3.63, 3.8) is 0 Å². The number of nitriles is 1. The van der Waals surface area contributed by atoms with E-state index in [2.05, 4.69) is 5.32 Å². The first-order valence-electron chi connectivity index (χ1n) is 9.91. The number of hydrogen-bond acceptors (Lipinski definition) is 5. The summed E-state index contributed by atoms with van der Waals surface area (Å²) < 4.78 is 2.21. The summed E-state index contributed by atoms with van der Waals surface area (Å²) in [5.41, 5.74) is 1.17. The fourth-order valence-corrected chi connectivity index (χ4v) is 5.08. The maximum atomic E-state index is 13.3. The molecule has 0 spiro atoms. The van der Waals surface area contributed by atoms with E-state index < -0.39 is 5.91 Å². The Morgan fingerprint density at radius 1 is 1.06 bits per heavy atom. The third-order valence-electron chi connectivity index (χ3n) is 4.85. The van der Waals surface area contributed by atoms with Crippen LogP contribution in [0.25, 0.3) is 17.3 Å². The molecule has 1 atom stereocenters. The fraction of sp³-hybridized carbons (Fsp3) is 0.0800. The van der Waals surface area contributed by atoms with Crippen LogP contribution in [0, 0.1) is 11.3 Å². The molecule has 0 saturated heterocycles. The van der Waals surface area contributed by atoms with E-state index in [1.54, 1.807) is 18.2 Å². The van der Waals surface area contributed by atoms with Gasteiger partial charge in [0, 0.05) is 4.88 Å². The smallest absolute Gasteiger partial charge is 0.273 e. The lowest BCUT2D eigenvalue weighted by Gasteiger charge is -2.13. The van der Waals surface area contributed by atoms with E-state index in [1.807, 2.05) is 79.0 Å². The highest BCUT2D eigenvalue weighted by atomic mass is 32.1. The molecule has 2 aromatic heterocycles. The molecule has 2 heterocycles. The van der Waals surface area contributed by atoms with Gasteiger partial charge >= 0.3 is 0 Å². The second-order valence-electron chi connectivity index (χ2n) is 7.00. The predicted octanol–water partition coefficient (Wildman–Crippen LogP) is 3.34. The Kier molecular flexibility index (Phi) is 6.45. The molecular weight excluding hydrogens is 438 g/mol. The van der Waals surface area contributed by atoms with Crippen LogP contribution in [0.4, 0.5) is 0 Å². The first kappa shape index (κ1) is 21.5. The first-order chi connectivity index (χ1) is 15.6. The molecule has 0 aliphatic rings. The summed E-state index contributed by atoms with van der Waals surface area (Å²) in [6, 6.07) is 24.1. The minimum Gasteiger partial charge on any atom is -0.345 e. The molecule has 4 aromatic rings. The zero-order valence-electron chi connectivity index (χ0n) is 17.2. The fourth-order valence-electron chi connectivity index (χ4n) is 3.25. The van der Waals surface area contributed by atoms with Gasteiger partial charge in [-0.3, -0.25) is 14.2 Å². The van der Waals surface area contributed by atoms with Gasteiger partial charge in [-0.15, -0.1) is 22.7 Å². The summed E-state index contributed by atoms with van der Waals surface area (Å²) in [5.74, 6) is -0.516. The second-order valence-corrected chi connectivity index (χ2v) is 9.01. The molecule has 0 aliphatic carbocycles. The first-order valence-corrected chi connectivity index (χ1v) is 11.6. The van der Waals surface area contributed by atoms with Crippen molar-refractivity contribution in [1.82, 2.24) is 9.88 Å². The maximum Gasteiger partial charge on any atom is 0.273 e. The molecule has 2 aromatic carbocycles. The molecule has 0 radical (unpaired) electrons. The van der Waals surface area contributed by atoms with Gasteiger partial charge in [-0.05, 0) is 42.1 Å². The van der Waals surface area contributed by atoms with Crippen molar-refractivity contribution >= 4 is 40.2 Å². The number of hydrogen-bond donors (Lipinski definition) is 1. The van der Waals surface area contributed by atoms with Gasteiger partial charge in [0.2, 0.25) is 0 Å². The minimum atomic E-state index is -0.516. The third-order valence-corrected chi connectivity index (χ3v) is 6.77. The number of thiophene rings is 1. The molecule has 5 nitrogen and oxygen atoms in total. The van der Waals surface area contributed by atoms with E-state index >= 15 is 0 Å². The van der Waals surface area contributed by atoms with Gasteiger partial charge in [0.25, 0.3) is 11.5 Å². The van der Waals surface area contributed by atoms with Crippen molar-refractivity contribution in [2.75, 3.05) is 0 Å². The van der Waals surface area contributed by atoms with Crippen molar-refractivity contribution in [3.8, 4) is 11.8 Å². The minimum absolute atomic E-state index is 0.0930. The Morgan fingerprint density at radius 2 is 1.75 bits per heavy atom. The Hall–Kier alpha value is -3.73. The van der Waals surface area contributed by atoms with Crippen LogP contribution >= 0.6 is 22.7 Å². The monoisotopic (exact) mass is 457 g/mol. The number of amides is 1. The van der Waals surface area contributed by atoms with Gasteiger partial charge in [0.1, 0.15) is 10.7 Å². The summed E-state index contributed by atoms with van der Waals surface area (Å²) >= 11 is 2.66. The number of para-hydroxylation sites is 1. The summed E-state index contributed by atoms with van der Waals surface area (Å²) in [6.45, 7) is 1.86. The van der Waals surface area contributed by atoms with Crippen molar-refractivity contribution in [2.45, 2.75) is 13.0 Å². The molecule has 1 amide bonds. The average molecular weight is 458 g/mol. The quantitative estimate of drug-likeness (QED) is 0.500. The lowest BCUT2D eigenvalue weighted by molar-refractivity contribution is -0.116. The summed E-state index contributed by atoms with van der Waals surface area (Å²) in [7, 11) is 0. The van der Waals surface area contributed by atoms with Crippen LogP contribution in [0.5, 0.6) is 0 Å². The third kappa shape index (κ3) is 4.47. The molecule has 0 bridgehead atoms. The molecule has 158 valence electrons. The molecule has 7 heteroatoms. The molecular formula is C25H19N3O2S2. The number of nitrogens with zero attached hydrogens (tertiary/aromatic N) is 2. The van der Waals surface area contributed by atoms with Crippen LogP contribution in [0.3, 0.4) is 0 Å². The summed E-state index contributed by atoms with van der Waals surface area (Å²) in [5, 5.41) is 14.7. The van der Waals surface area contributed by atoms with Crippen molar-refractivity contribution < 1.29 is 4.79 Å². The highest BCUT2D eigenvalue weighted by Gasteiger charge is 2.19. The molecule has 0 aliphatic heterocycles. The lowest BCUT2D eigenvalue weighted by atomic mass is 10.1. The van der Waals surface area contributed by atoms with Gasteiger partial charge < -0.3 is 5.32 Å². The number of thiazole rings is 1. The topological polar surface area (TPSA) is 74.9 Å². The Labute approximate surface area is 192 Å². The number of aromatic nitrogens is 1. The Balaban J connectivity index is 1.88. The standard InChI is InChI=1S/C25H19N3O2S2/c1-17(18-9-4-2-5-10-18)27-23(29)21(16-26)25-28(19-11-6-3-7-12-19)24(30)22(32-25)15-20-13-8-14-31-20/h2-15,17H,1H3,(H,27,29)/b22-15+,25-21+. The molecule has 1 N–H and O–H groups in total.